The number of fused-ring (bicyclic) bond motifs is 1. The van der Waals surface area contributed by atoms with Crippen molar-refractivity contribution < 1.29 is 12.5 Å². The Hall–Kier alpha value is -2.32. The first-order valence-corrected chi connectivity index (χ1v) is 9.39. The van der Waals surface area contributed by atoms with E-state index in [0.717, 1.165) is 30.7 Å². The Labute approximate surface area is 146 Å². The molecule has 0 amide bonds. The standard InChI is InChI=1S/C16H11BrN4O2S/c17-12-6-14-15(9-19-16(14)18-8-12)11-7-20-21(10-11)24(22,23)13-4-2-1-3-5-13/h1-9H,10H2/p+1. The third-order valence-electron chi connectivity index (χ3n) is 3.81. The van der Waals surface area contributed by atoms with Crippen LogP contribution in [0.4, 0.5) is 0 Å². The normalized spacial score (nSPS) is 14.7. The summed E-state index contributed by atoms with van der Waals surface area (Å²) < 4.78 is 27.3. The lowest BCUT2D eigenvalue weighted by molar-refractivity contribution is -0.417. The van der Waals surface area contributed by atoms with Crippen LogP contribution in [0.25, 0.3) is 16.6 Å². The molecule has 0 saturated carbocycles. The lowest BCUT2D eigenvalue weighted by atomic mass is 10.1. The highest BCUT2D eigenvalue weighted by Crippen LogP contribution is 2.29. The molecular formula is C16H12BrN4O2S+. The number of H-pyrrole nitrogens is 1. The summed E-state index contributed by atoms with van der Waals surface area (Å²) in [6.07, 6.45) is 5.12. The SMILES string of the molecule is O=S(=O)(c1ccccc1)[N+]1=NC=C(c2c[nH]c3ncc(Br)cc23)C1. The summed E-state index contributed by atoms with van der Waals surface area (Å²) in [4.78, 5) is 7.62. The zero-order valence-electron chi connectivity index (χ0n) is 12.3. The molecule has 0 spiro atoms. The number of benzene rings is 1. The quantitative estimate of drug-likeness (QED) is 0.679. The summed E-state index contributed by atoms with van der Waals surface area (Å²) in [5.74, 6) is 0. The van der Waals surface area contributed by atoms with E-state index in [1.54, 1.807) is 42.7 Å². The number of aromatic amines is 1. The number of sulfonamides is 1. The van der Waals surface area contributed by atoms with Crippen molar-refractivity contribution in [3.63, 3.8) is 0 Å². The average molecular weight is 404 g/mol. The van der Waals surface area contributed by atoms with Gasteiger partial charge in [-0.15, -0.1) is 0 Å². The first-order chi connectivity index (χ1) is 11.6. The van der Waals surface area contributed by atoms with Crippen molar-refractivity contribution in [1.29, 1.82) is 0 Å². The van der Waals surface area contributed by atoms with Crippen molar-refractivity contribution in [2.45, 2.75) is 4.90 Å². The highest BCUT2D eigenvalue weighted by molar-refractivity contribution is 9.10. The molecule has 24 heavy (non-hydrogen) atoms. The largest absolute Gasteiger partial charge is 0.418 e. The van der Waals surface area contributed by atoms with Crippen LogP contribution in [0.3, 0.4) is 0 Å². The minimum atomic E-state index is -3.64. The van der Waals surface area contributed by atoms with Gasteiger partial charge in [0, 0.05) is 37.0 Å². The summed E-state index contributed by atoms with van der Waals surface area (Å²) in [7, 11) is -3.64. The molecular weight excluding hydrogens is 392 g/mol. The molecule has 8 heteroatoms. The Kier molecular flexibility index (Phi) is 3.58. The molecule has 0 atom stereocenters. The minimum Gasteiger partial charge on any atom is -0.346 e. The molecule has 0 bridgehead atoms. The molecule has 3 heterocycles. The van der Waals surface area contributed by atoms with Gasteiger partial charge in [0.05, 0.1) is 5.57 Å². The van der Waals surface area contributed by atoms with Crippen LogP contribution < -0.4 is 0 Å². The molecule has 0 unspecified atom stereocenters. The van der Waals surface area contributed by atoms with Gasteiger partial charge in [-0.3, -0.25) is 0 Å². The van der Waals surface area contributed by atoms with Gasteiger partial charge in [0.25, 0.3) is 0 Å². The van der Waals surface area contributed by atoms with Gasteiger partial charge >= 0.3 is 10.0 Å². The third-order valence-corrected chi connectivity index (χ3v) is 5.89. The number of halogens is 1. The lowest BCUT2D eigenvalue weighted by Gasteiger charge is -2.00. The van der Waals surface area contributed by atoms with Crippen LogP contribution >= 0.6 is 15.9 Å². The summed E-state index contributed by atoms with van der Waals surface area (Å²) in [6.45, 7) is 0.191. The van der Waals surface area contributed by atoms with Gasteiger partial charge in [-0.1, -0.05) is 18.2 Å². The molecule has 120 valence electrons. The van der Waals surface area contributed by atoms with Crippen LogP contribution in [-0.2, 0) is 10.0 Å². The molecule has 1 aliphatic heterocycles. The van der Waals surface area contributed by atoms with Crippen LogP contribution in [0, 0.1) is 0 Å². The second kappa shape index (κ2) is 5.64. The van der Waals surface area contributed by atoms with Gasteiger partial charge in [0.2, 0.25) is 6.54 Å². The Morgan fingerprint density at radius 3 is 2.79 bits per heavy atom. The monoisotopic (exact) mass is 403 g/mol. The fourth-order valence-electron chi connectivity index (χ4n) is 2.62. The van der Waals surface area contributed by atoms with Gasteiger partial charge in [0.1, 0.15) is 16.7 Å². The molecule has 0 saturated heterocycles. The molecule has 1 N–H and O–H groups in total. The summed E-state index contributed by atoms with van der Waals surface area (Å²) in [5, 5.41) is 5.01. The van der Waals surface area contributed by atoms with Crippen LogP contribution in [-0.4, -0.2) is 29.0 Å². The maximum Gasteiger partial charge on any atom is 0.418 e. The maximum absolute atomic E-state index is 12.6. The maximum atomic E-state index is 12.6. The Balaban J connectivity index is 1.67. The number of aromatic nitrogens is 2. The van der Waals surface area contributed by atoms with E-state index in [0.29, 0.717) is 0 Å². The second-order valence-electron chi connectivity index (χ2n) is 5.32. The summed E-state index contributed by atoms with van der Waals surface area (Å²) >= 11 is 3.41. The van der Waals surface area contributed by atoms with Crippen LogP contribution in [0.2, 0.25) is 0 Å². The topological polar surface area (TPSA) is 78.2 Å². The molecule has 3 aromatic rings. The van der Waals surface area contributed by atoms with E-state index in [-0.39, 0.29) is 11.4 Å². The molecule has 1 aliphatic rings. The van der Waals surface area contributed by atoms with Crippen LogP contribution in [0.5, 0.6) is 0 Å². The fourth-order valence-corrected chi connectivity index (χ4v) is 4.18. The highest BCUT2D eigenvalue weighted by Gasteiger charge is 2.34. The van der Waals surface area contributed by atoms with Gasteiger partial charge in [-0.2, -0.15) is 8.42 Å². The number of pyridine rings is 1. The van der Waals surface area contributed by atoms with E-state index >= 15 is 0 Å². The van der Waals surface area contributed by atoms with Gasteiger partial charge in [-0.25, -0.2) is 4.98 Å². The Morgan fingerprint density at radius 1 is 1.21 bits per heavy atom. The first kappa shape index (κ1) is 15.2. The zero-order chi connectivity index (χ0) is 16.7. The van der Waals surface area contributed by atoms with Crippen molar-refractivity contribution in [2.24, 2.45) is 5.11 Å². The second-order valence-corrected chi connectivity index (χ2v) is 8.08. The molecule has 4 rings (SSSR count). The zero-order valence-corrected chi connectivity index (χ0v) is 14.8. The van der Waals surface area contributed by atoms with E-state index in [4.69, 9.17) is 0 Å². The van der Waals surface area contributed by atoms with Crippen molar-refractivity contribution in [1.82, 2.24) is 9.97 Å². The molecule has 2 aromatic heterocycles. The number of rotatable bonds is 3. The average Bonchev–Trinajstić information content (AvgIpc) is 3.22. The van der Waals surface area contributed by atoms with Crippen molar-refractivity contribution in [3.8, 4) is 0 Å². The third kappa shape index (κ3) is 2.47. The predicted octanol–water partition coefficient (Wildman–Crippen LogP) is 3.53. The van der Waals surface area contributed by atoms with Gasteiger partial charge in [-0.05, 0) is 34.1 Å². The molecule has 0 aliphatic carbocycles. The first-order valence-electron chi connectivity index (χ1n) is 7.16. The minimum absolute atomic E-state index is 0.191. The molecule has 0 fully saturated rings. The number of hydrogen-bond donors (Lipinski definition) is 1. The predicted molar refractivity (Wildman–Crippen MR) is 93.0 cm³/mol. The number of azo groups is 1. The van der Waals surface area contributed by atoms with E-state index in [9.17, 15) is 8.42 Å². The van der Waals surface area contributed by atoms with Crippen molar-refractivity contribution in [3.05, 3.63) is 65.0 Å². The summed E-state index contributed by atoms with van der Waals surface area (Å²) in [5.41, 5.74) is 2.47. The lowest BCUT2D eigenvalue weighted by Crippen LogP contribution is -2.19. The number of hydrogen-bond acceptors (Lipinski definition) is 4. The van der Waals surface area contributed by atoms with Crippen molar-refractivity contribution in [2.75, 3.05) is 6.54 Å². The summed E-state index contributed by atoms with van der Waals surface area (Å²) in [6, 6.07) is 10.2. The van der Waals surface area contributed by atoms with E-state index in [2.05, 4.69) is 31.0 Å². The van der Waals surface area contributed by atoms with Crippen molar-refractivity contribution >= 4 is 42.6 Å². The number of nitrogens with one attached hydrogen (secondary N) is 1. The molecule has 0 radical (unpaired) electrons. The Morgan fingerprint density at radius 2 is 2.00 bits per heavy atom. The van der Waals surface area contributed by atoms with Gasteiger partial charge in [0.15, 0.2) is 0 Å². The van der Waals surface area contributed by atoms with Crippen LogP contribution in [0.15, 0.2) is 69.5 Å². The smallest absolute Gasteiger partial charge is 0.346 e. The molecule has 1 aromatic carbocycles. The number of nitrogens with zero attached hydrogens (tertiary/aromatic N) is 3. The van der Waals surface area contributed by atoms with Crippen LogP contribution in [0.1, 0.15) is 5.56 Å². The highest BCUT2D eigenvalue weighted by atomic mass is 79.9. The van der Waals surface area contributed by atoms with E-state index < -0.39 is 10.0 Å². The Bertz CT molecular complexity index is 1100. The van der Waals surface area contributed by atoms with Gasteiger partial charge < -0.3 is 4.98 Å². The fraction of sp³-hybridized carbons (Fsp3) is 0.0625. The van der Waals surface area contributed by atoms with E-state index in [1.165, 1.54) is 0 Å². The molecule has 6 nitrogen and oxygen atoms in total. The van der Waals surface area contributed by atoms with E-state index in [1.807, 2.05) is 12.3 Å².